The lowest BCUT2D eigenvalue weighted by atomic mass is 10.1. The van der Waals surface area contributed by atoms with Gasteiger partial charge in [0.2, 0.25) is 5.91 Å². The summed E-state index contributed by atoms with van der Waals surface area (Å²) in [5.74, 6) is -1.03. The number of benzene rings is 2. The standard InChI is InChI=1S/C19H16FN3O2/c1-11-7-15-16(8-12(11)2)22(10-21-15)17-9-18(24)23(19(17)25)14-5-3-13(20)4-6-14/h3-8,10,17H,9H2,1-2H3/t17-/m0/s1. The van der Waals surface area contributed by atoms with Crippen LogP contribution in [0.25, 0.3) is 11.0 Å². The zero-order chi connectivity index (χ0) is 17.7. The van der Waals surface area contributed by atoms with E-state index in [0.29, 0.717) is 5.69 Å². The summed E-state index contributed by atoms with van der Waals surface area (Å²) >= 11 is 0. The number of imidazole rings is 1. The first-order chi connectivity index (χ1) is 12.0. The van der Waals surface area contributed by atoms with Crippen molar-refractivity contribution in [1.82, 2.24) is 9.55 Å². The number of hydrogen-bond acceptors (Lipinski definition) is 3. The van der Waals surface area contributed by atoms with Gasteiger partial charge in [0.05, 0.1) is 29.5 Å². The molecule has 0 bridgehead atoms. The monoisotopic (exact) mass is 337 g/mol. The van der Waals surface area contributed by atoms with Gasteiger partial charge in [0, 0.05) is 0 Å². The number of carbonyl (C=O) groups excluding carboxylic acids is 2. The number of halogens is 1. The molecule has 2 aromatic carbocycles. The van der Waals surface area contributed by atoms with Crippen LogP contribution in [0.15, 0.2) is 42.7 Å². The Morgan fingerprint density at radius 2 is 1.76 bits per heavy atom. The van der Waals surface area contributed by atoms with E-state index in [1.165, 1.54) is 24.3 Å². The van der Waals surface area contributed by atoms with Crippen molar-refractivity contribution in [3.05, 3.63) is 59.7 Å². The summed E-state index contributed by atoms with van der Waals surface area (Å²) in [7, 11) is 0. The highest BCUT2D eigenvalue weighted by Crippen LogP contribution is 2.32. The summed E-state index contributed by atoms with van der Waals surface area (Å²) in [6, 6.07) is 8.67. The Morgan fingerprint density at radius 3 is 2.48 bits per heavy atom. The maximum Gasteiger partial charge on any atom is 0.257 e. The number of nitrogens with zero attached hydrogens (tertiary/aromatic N) is 3. The Morgan fingerprint density at radius 1 is 1.08 bits per heavy atom. The van der Waals surface area contributed by atoms with Crippen LogP contribution < -0.4 is 4.90 Å². The summed E-state index contributed by atoms with van der Waals surface area (Å²) in [4.78, 5) is 30.8. The summed E-state index contributed by atoms with van der Waals surface area (Å²) < 4.78 is 14.9. The number of rotatable bonds is 2. The minimum atomic E-state index is -0.635. The zero-order valence-corrected chi connectivity index (χ0v) is 13.9. The van der Waals surface area contributed by atoms with Crippen molar-refractivity contribution in [2.75, 3.05) is 4.90 Å². The first-order valence-electron chi connectivity index (χ1n) is 8.02. The molecule has 126 valence electrons. The van der Waals surface area contributed by atoms with E-state index in [9.17, 15) is 14.0 Å². The van der Waals surface area contributed by atoms with Crippen molar-refractivity contribution in [3.63, 3.8) is 0 Å². The fraction of sp³-hybridized carbons (Fsp3) is 0.211. The molecule has 25 heavy (non-hydrogen) atoms. The topological polar surface area (TPSA) is 55.2 Å². The third-order valence-corrected chi connectivity index (χ3v) is 4.73. The third kappa shape index (κ3) is 2.41. The molecule has 0 aliphatic carbocycles. The van der Waals surface area contributed by atoms with E-state index < -0.39 is 11.9 Å². The van der Waals surface area contributed by atoms with E-state index in [2.05, 4.69) is 4.98 Å². The second-order valence-electron chi connectivity index (χ2n) is 6.34. The predicted molar refractivity (Wildman–Crippen MR) is 91.8 cm³/mol. The highest BCUT2D eigenvalue weighted by atomic mass is 19.1. The predicted octanol–water partition coefficient (Wildman–Crippen LogP) is 3.30. The maximum absolute atomic E-state index is 13.1. The van der Waals surface area contributed by atoms with Gasteiger partial charge in [0.1, 0.15) is 11.9 Å². The van der Waals surface area contributed by atoms with Crippen molar-refractivity contribution in [1.29, 1.82) is 0 Å². The SMILES string of the molecule is Cc1cc2ncn([C@H]3CC(=O)N(c4ccc(F)cc4)C3=O)c2cc1C. The van der Waals surface area contributed by atoms with E-state index in [4.69, 9.17) is 0 Å². The lowest BCUT2D eigenvalue weighted by Gasteiger charge is -2.16. The van der Waals surface area contributed by atoms with Crippen LogP contribution >= 0.6 is 0 Å². The van der Waals surface area contributed by atoms with E-state index in [0.717, 1.165) is 27.1 Å². The van der Waals surface area contributed by atoms with E-state index >= 15 is 0 Å². The molecule has 1 fully saturated rings. The second kappa shape index (κ2) is 5.51. The highest BCUT2D eigenvalue weighted by molar-refractivity contribution is 6.21. The number of aryl methyl sites for hydroxylation is 2. The molecule has 0 radical (unpaired) electrons. The van der Waals surface area contributed by atoms with Crippen LogP contribution in [0.4, 0.5) is 10.1 Å². The third-order valence-electron chi connectivity index (χ3n) is 4.73. The summed E-state index contributed by atoms with van der Waals surface area (Å²) in [6.07, 6.45) is 1.67. The minimum Gasteiger partial charge on any atom is -0.317 e. The van der Waals surface area contributed by atoms with Crippen LogP contribution in [0.2, 0.25) is 0 Å². The molecule has 0 N–H and O–H groups in total. The lowest BCUT2D eigenvalue weighted by Crippen LogP contribution is -2.31. The van der Waals surface area contributed by atoms with Gasteiger partial charge in [-0.2, -0.15) is 0 Å². The number of carbonyl (C=O) groups is 2. The molecule has 5 nitrogen and oxygen atoms in total. The van der Waals surface area contributed by atoms with Gasteiger partial charge in [-0.1, -0.05) is 0 Å². The minimum absolute atomic E-state index is 0.0641. The number of imide groups is 1. The Labute approximate surface area is 143 Å². The van der Waals surface area contributed by atoms with Crippen LogP contribution in [0.1, 0.15) is 23.6 Å². The average molecular weight is 337 g/mol. The van der Waals surface area contributed by atoms with Crippen molar-refractivity contribution in [2.45, 2.75) is 26.3 Å². The summed E-state index contributed by atoms with van der Waals surface area (Å²) in [6.45, 7) is 4.01. The molecule has 2 heterocycles. The quantitative estimate of drug-likeness (QED) is 0.674. The Kier molecular flexibility index (Phi) is 3.42. The van der Waals surface area contributed by atoms with Crippen LogP contribution in [0, 0.1) is 19.7 Å². The van der Waals surface area contributed by atoms with Gasteiger partial charge >= 0.3 is 0 Å². The number of hydrogen-bond donors (Lipinski definition) is 0. The van der Waals surface area contributed by atoms with Gasteiger partial charge in [-0.05, 0) is 61.4 Å². The first-order valence-corrected chi connectivity index (χ1v) is 8.02. The van der Waals surface area contributed by atoms with Crippen molar-refractivity contribution >= 4 is 28.5 Å². The molecule has 0 unspecified atom stereocenters. The zero-order valence-electron chi connectivity index (χ0n) is 13.9. The van der Waals surface area contributed by atoms with Crippen LogP contribution in [0.3, 0.4) is 0 Å². The second-order valence-corrected chi connectivity index (χ2v) is 6.34. The van der Waals surface area contributed by atoms with Gasteiger partial charge in [-0.25, -0.2) is 14.3 Å². The molecule has 2 amide bonds. The van der Waals surface area contributed by atoms with Gasteiger partial charge in [0.15, 0.2) is 0 Å². The lowest BCUT2D eigenvalue weighted by molar-refractivity contribution is -0.122. The average Bonchev–Trinajstić information content (AvgIpc) is 3.10. The maximum atomic E-state index is 13.1. The van der Waals surface area contributed by atoms with Gasteiger partial charge in [-0.15, -0.1) is 0 Å². The molecule has 1 aliphatic rings. The highest BCUT2D eigenvalue weighted by Gasteiger charge is 2.41. The first kappa shape index (κ1) is 15.5. The van der Waals surface area contributed by atoms with E-state index in [1.807, 2.05) is 26.0 Å². The fourth-order valence-electron chi connectivity index (χ4n) is 3.23. The molecule has 1 aliphatic heterocycles. The largest absolute Gasteiger partial charge is 0.317 e. The number of anilines is 1. The van der Waals surface area contributed by atoms with Crippen LogP contribution in [0.5, 0.6) is 0 Å². The molecule has 1 atom stereocenters. The molecule has 3 aromatic rings. The summed E-state index contributed by atoms with van der Waals surface area (Å²) in [5.41, 5.74) is 4.23. The van der Waals surface area contributed by atoms with Crippen LogP contribution in [-0.2, 0) is 9.59 Å². The van der Waals surface area contributed by atoms with Gasteiger partial charge in [0.25, 0.3) is 5.91 Å². The molecule has 1 aromatic heterocycles. The molecule has 0 saturated carbocycles. The van der Waals surface area contributed by atoms with Gasteiger partial charge in [-0.3, -0.25) is 9.59 Å². The van der Waals surface area contributed by atoms with Gasteiger partial charge < -0.3 is 4.57 Å². The molecular formula is C19H16FN3O2. The molecular weight excluding hydrogens is 321 g/mol. The van der Waals surface area contributed by atoms with Crippen LogP contribution in [-0.4, -0.2) is 21.4 Å². The van der Waals surface area contributed by atoms with E-state index in [1.54, 1.807) is 10.9 Å². The fourth-order valence-corrected chi connectivity index (χ4v) is 3.23. The number of fused-ring (bicyclic) bond motifs is 1. The molecule has 1 saturated heterocycles. The number of aromatic nitrogens is 2. The molecule has 0 spiro atoms. The van der Waals surface area contributed by atoms with Crippen molar-refractivity contribution in [3.8, 4) is 0 Å². The number of amides is 2. The smallest absolute Gasteiger partial charge is 0.257 e. The molecule has 6 heteroatoms. The normalized spacial score (nSPS) is 17.7. The van der Waals surface area contributed by atoms with Crippen molar-refractivity contribution < 1.29 is 14.0 Å². The Hall–Kier alpha value is -3.02. The Balaban J connectivity index is 1.75. The van der Waals surface area contributed by atoms with E-state index in [-0.39, 0.29) is 18.2 Å². The van der Waals surface area contributed by atoms with Crippen molar-refractivity contribution in [2.24, 2.45) is 0 Å². The summed E-state index contributed by atoms with van der Waals surface area (Å²) in [5, 5.41) is 0. The molecule has 4 rings (SSSR count). The Bertz CT molecular complexity index is 1010.